The third kappa shape index (κ3) is 4.56. The second-order valence-corrected chi connectivity index (χ2v) is 5.51. The van der Waals surface area contributed by atoms with Crippen molar-refractivity contribution < 1.29 is 9.53 Å². The zero-order valence-corrected chi connectivity index (χ0v) is 13.6. The highest BCUT2D eigenvalue weighted by Gasteiger charge is 2.05. The molecule has 0 unspecified atom stereocenters. The third-order valence-corrected chi connectivity index (χ3v) is 3.93. The van der Waals surface area contributed by atoms with Crippen LogP contribution < -0.4 is 10.1 Å². The fourth-order valence-electron chi connectivity index (χ4n) is 1.87. The number of nitrogens with one attached hydrogen (secondary N) is 1. The largest absolute Gasteiger partial charge is 0.497 e. The first-order valence-corrected chi connectivity index (χ1v) is 7.43. The van der Waals surface area contributed by atoms with Gasteiger partial charge in [0.15, 0.2) is 0 Å². The summed E-state index contributed by atoms with van der Waals surface area (Å²) < 4.78 is 6.03. The molecule has 0 bridgehead atoms. The molecule has 0 fully saturated rings. The van der Waals surface area contributed by atoms with E-state index in [1.165, 1.54) is 0 Å². The highest BCUT2D eigenvalue weighted by Crippen LogP contribution is 2.17. The van der Waals surface area contributed by atoms with Crippen LogP contribution in [0.25, 0.3) is 0 Å². The van der Waals surface area contributed by atoms with Crippen molar-refractivity contribution in [2.75, 3.05) is 12.4 Å². The molecule has 1 amide bonds. The Morgan fingerprint density at radius 3 is 2.57 bits per heavy atom. The molecular weight excluding hydrogens is 332 g/mol. The van der Waals surface area contributed by atoms with Crippen LogP contribution in [0, 0.1) is 6.92 Å². The van der Waals surface area contributed by atoms with Gasteiger partial charge in [-0.25, -0.2) is 4.98 Å². The standard InChI is InChI=1S/C16H17BrN2O2/c1-11-14(17)8-9-15(18-11)19-16(20)10-5-12-3-6-13(21-2)7-4-12/h3-4,6-9H,5,10H2,1-2H3,(H,18,19,20). The van der Waals surface area contributed by atoms with Crippen LogP contribution in [-0.2, 0) is 11.2 Å². The van der Waals surface area contributed by atoms with Crippen molar-refractivity contribution in [2.45, 2.75) is 19.8 Å². The Labute approximate surface area is 132 Å². The van der Waals surface area contributed by atoms with Gasteiger partial charge in [0.2, 0.25) is 5.91 Å². The summed E-state index contributed by atoms with van der Waals surface area (Å²) in [4.78, 5) is 16.2. The molecule has 21 heavy (non-hydrogen) atoms. The van der Waals surface area contributed by atoms with Crippen molar-refractivity contribution in [1.29, 1.82) is 0 Å². The van der Waals surface area contributed by atoms with Gasteiger partial charge in [0.1, 0.15) is 11.6 Å². The predicted molar refractivity (Wildman–Crippen MR) is 86.6 cm³/mol. The monoisotopic (exact) mass is 348 g/mol. The van der Waals surface area contributed by atoms with Gasteiger partial charge in [0, 0.05) is 10.9 Å². The molecule has 0 spiro atoms. The lowest BCUT2D eigenvalue weighted by Crippen LogP contribution is -2.13. The van der Waals surface area contributed by atoms with Crippen molar-refractivity contribution in [3.63, 3.8) is 0 Å². The summed E-state index contributed by atoms with van der Waals surface area (Å²) >= 11 is 3.38. The number of ether oxygens (including phenoxy) is 1. The molecule has 0 saturated carbocycles. The molecule has 1 heterocycles. The number of rotatable bonds is 5. The molecule has 0 aliphatic heterocycles. The van der Waals surface area contributed by atoms with E-state index in [1.807, 2.05) is 37.3 Å². The number of carbonyl (C=O) groups excluding carboxylic acids is 1. The first-order chi connectivity index (χ1) is 10.1. The zero-order chi connectivity index (χ0) is 15.2. The van der Waals surface area contributed by atoms with Gasteiger partial charge in [-0.1, -0.05) is 12.1 Å². The Bertz CT molecular complexity index is 627. The van der Waals surface area contributed by atoms with E-state index in [0.29, 0.717) is 18.7 Å². The van der Waals surface area contributed by atoms with Crippen LogP contribution in [0.3, 0.4) is 0 Å². The van der Waals surface area contributed by atoms with Crippen LogP contribution in [0.15, 0.2) is 40.9 Å². The van der Waals surface area contributed by atoms with E-state index in [1.54, 1.807) is 13.2 Å². The topological polar surface area (TPSA) is 51.2 Å². The van der Waals surface area contributed by atoms with E-state index in [2.05, 4.69) is 26.2 Å². The first-order valence-electron chi connectivity index (χ1n) is 6.64. The number of halogens is 1. The number of aromatic nitrogens is 1. The molecule has 0 atom stereocenters. The molecule has 1 aromatic heterocycles. The molecule has 110 valence electrons. The number of anilines is 1. The van der Waals surface area contributed by atoms with Crippen molar-refractivity contribution >= 4 is 27.7 Å². The number of pyridine rings is 1. The summed E-state index contributed by atoms with van der Waals surface area (Å²) in [5, 5.41) is 2.81. The maximum absolute atomic E-state index is 11.9. The third-order valence-electron chi connectivity index (χ3n) is 3.09. The number of methoxy groups -OCH3 is 1. The Balaban J connectivity index is 1.87. The van der Waals surface area contributed by atoms with Gasteiger partial charge in [0.05, 0.1) is 12.8 Å². The Morgan fingerprint density at radius 2 is 1.95 bits per heavy atom. The van der Waals surface area contributed by atoms with Crippen LogP contribution in [0.2, 0.25) is 0 Å². The Morgan fingerprint density at radius 1 is 1.24 bits per heavy atom. The maximum atomic E-state index is 11.9. The molecule has 0 saturated heterocycles. The number of nitrogens with zero attached hydrogens (tertiary/aromatic N) is 1. The number of aryl methyl sites for hydroxylation is 2. The number of benzene rings is 1. The van der Waals surface area contributed by atoms with E-state index in [9.17, 15) is 4.79 Å². The van der Waals surface area contributed by atoms with Crippen LogP contribution >= 0.6 is 15.9 Å². The number of hydrogen-bond acceptors (Lipinski definition) is 3. The summed E-state index contributed by atoms with van der Waals surface area (Å²) in [6.07, 6.45) is 1.11. The van der Waals surface area contributed by atoms with Gasteiger partial charge in [0.25, 0.3) is 0 Å². The second-order valence-electron chi connectivity index (χ2n) is 4.66. The zero-order valence-electron chi connectivity index (χ0n) is 12.0. The lowest BCUT2D eigenvalue weighted by molar-refractivity contribution is -0.116. The lowest BCUT2D eigenvalue weighted by Gasteiger charge is -2.07. The second kappa shape index (κ2) is 7.22. The number of hydrogen-bond donors (Lipinski definition) is 1. The van der Waals surface area contributed by atoms with Crippen molar-refractivity contribution in [1.82, 2.24) is 4.98 Å². The lowest BCUT2D eigenvalue weighted by atomic mass is 10.1. The first kappa shape index (κ1) is 15.5. The fourth-order valence-corrected chi connectivity index (χ4v) is 2.09. The molecule has 1 aromatic carbocycles. The van der Waals surface area contributed by atoms with Gasteiger partial charge in [-0.2, -0.15) is 0 Å². The summed E-state index contributed by atoms with van der Waals surface area (Å²) in [5.41, 5.74) is 1.95. The van der Waals surface area contributed by atoms with Gasteiger partial charge in [-0.15, -0.1) is 0 Å². The fraction of sp³-hybridized carbons (Fsp3) is 0.250. The summed E-state index contributed by atoms with van der Waals surface area (Å²) in [6.45, 7) is 1.89. The SMILES string of the molecule is COc1ccc(CCC(=O)Nc2ccc(Br)c(C)n2)cc1. The minimum Gasteiger partial charge on any atom is -0.497 e. The summed E-state index contributed by atoms with van der Waals surface area (Å²) in [5.74, 6) is 1.35. The highest BCUT2D eigenvalue weighted by atomic mass is 79.9. The van der Waals surface area contributed by atoms with E-state index in [-0.39, 0.29) is 5.91 Å². The number of amides is 1. The normalized spacial score (nSPS) is 10.2. The van der Waals surface area contributed by atoms with Gasteiger partial charge in [-0.3, -0.25) is 4.79 Å². The van der Waals surface area contributed by atoms with E-state index in [0.717, 1.165) is 21.5 Å². The van der Waals surface area contributed by atoms with Gasteiger partial charge >= 0.3 is 0 Å². The molecule has 2 rings (SSSR count). The van der Waals surface area contributed by atoms with Gasteiger partial charge in [-0.05, 0) is 59.1 Å². The summed E-state index contributed by atoms with van der Waals surface area (Å²) in [7, 11) is 1.63. The van der Waals surface area contributed by atoms with Gasteiger partial charge < -0.3 is 10.1 Å². The van der Waals surface area contributed by atoms with Crippen LogP contribution in [0.1, 0.15) is 17.7 Å². The Kier molecular flexibility index (Phi) is 5.33. The van der Waals surface area contributed by atoms with Crippen molar-refractivity contribution in [3.05, 3.63) is 52.1 Å². The smallest absolute Gasteiger partial charge is 0.225 e. The van der Waals surface area contributed by atoms with Crippen molar-refractivity contribution in [3.8, 4) is 5.75 Å². The van der Waals surface area contributed by atoms with Crippen LogP contribution in [0.4, 0.5) is 5.82 Å². The molecule has 4 nitrogen and oxygen atoms in total. The predicted octanol–water partition coefficient (Wildman–Crippen LogP) is 3.73. The average molecular weight is 349 g/mol. The molecule has 0 aliphatic rings. The Hall–Kier alpha value is -1.88. The molecule has 0 radical (unpaired) electrons. The minimum atomic E-state index is -0.0416. The van der Waals surface area contributed by atoms with E-state index in [4.69, 9.17) is 4.74 Å². The molecule has 0 aliphatic carbocycles. The van der Waals surface area contributed by atoms with Crippen LogP contribution in [-0.4, -0.2) is 18.0 Å². The highest BCUT2D eigenvalue weighted by molar-refractivity contribution is 9.10. The summed E-state index contributed by atoms with van der Waals surface area (Å²) in [6, 6.07) is 11.4. The average Bonchev–Trinajstić information content (AvgIpc) is 2.49. The van der Waals surface area contributed by atoms with E-state index < -0.39 is 0 Å². The molecular formula is C16H17BrN2O2. The van der Waals surface area contributed by atoms with E-state index >= 15 is 0 Å². The number of carbonyl (C=O) groups is 1. The quantitative estimate of drug-likeness (QED) is 0.895. The molecule has 1 N–H and O–H groups in total. The molecule has 5 heteroatoms. The van der Waals surface area contributed by atoms with Crippen LogP contribution in [0.5, 0.6) is 5.75 Å². The molecule has 2 aromatic rings. The van der Waals surface area contributed by atoms with Crippen molar-refractivity contribution in [2.24, 2.45) is 0 Å². The minimum absolute atomic E-state index is 0.0416. The maximum Gasteiger partial charge on any atom is 0.225 e.